The summed E-state index contributed by atoms with van der Waals surface area (Å²) in [5, 5.41) is 11.7. The molecule has 2 aromatic heterocycles. The minimum Gasteiger partial charge on any atom is -0.342 e. The number of carbonyl (C=O) groups excluding carboxylic acids is 1. The predicted octanol–water partition coefficient (Wildman–Crippen LogP) is 2.76. The van der Waals surface area contributed by atoms with E-state index in [-0.39, 0.29) is 5.91 Å². The maximum Gasteiger partial charge on any atom is 0.256 e. The van der Waals surface area contributed by atoms with Gasteiger partial charge in [-0.15, -0.1) is 0 Å². The van der Waals surface area contributed by atoms with Crippen LogP contribution in [0.1, 0.15) is 15.9 Å². The molecular weight excluding hydrogens is 316 g/mol. The van der Waals surface area contributed by atoms with Gasteiger partial charge in [-0.05, 0) is 24.3 Å². The Kier molecular flexibility index (Phi) is 4.62. The third-order valence-electron chi connectivity index (χ3n) is 3.56. The summed E-state index contributed by atoms with van der Waals surface area (Å²) >= 11 is 0. The third-order valence-corrected chi connectivity index (χ3v) is 3.56. The molecule has 2 heterocycles. The number of nitrogens with one attached hydrogen (secondary N) is 1. The maximum absolute atomic E-state index is 12.3. The third kappa shape index (κ3) is 3.76. The SMILES string of the molecule is CN(c1cncnc1)c1ccnc(NC(=O)c2cccc(C#N)c2)c1. The fraction of sp³-hybridized carbons (Fsp3) is 0.0556. The molecule has 1 N–H and O–H groups in total. The first-order chi connectivity index (χ1) is 12.2. The number of rotatable bonds is 4. The highest BCUT2D eigenvalue weighted by Crippen LogP contribution is 2.23. The van der Waals surface area contributed by atoms with Gasteiger partial charge in [0.25, 0.3) is 5.91 Å². The quantitative estimate of drug-likeness (QED) is 0.790. The number of hydrogen-bond donors (Lipinski definition) is 1. The van der Waals surface area contributed by atoms with Gasteiger partial charge in [-0.25, -0.2) is 15.0 Å². The van der Waals surface area contributed by atoms with Crippen molar-refractivity contribution in [2.24, 2.45) is 0 Å². The topological polar surface area (TPSA) is 94.8 Å². The van der Waals surface area contributed by atoms with E-state index in [1.54, 1.807) is 42.9 Å². The van der Waals surface area contributed by atoms with Gasteiger partial charge in [-0.2, -0.15) is 5.26 Å². The number of carbonyl (C=O) groups is 1. The molecule has 0 fully saturated rings. The van der Waals surface area contributed by atoms with Crippen molar-refractivity contribution in [3.63, 3.8) is 0 Å². The zero-order valence-electron chi connectivity index (χ0n) is 13.4. The van der Waals surface area contributed by atoms with Crippen molar-refractivity contribution in [3.05, 3.63) is 72.4 Å². The molecule has 0 saturated carbocycles. The second-order valence-electron chi connectivity index (χ2n) is 5.20. The molecule has 122 valence electrons. The van der Waals surface area contributed by atoms with Gasteiger partial charge in [0.05, 0.1) is 29.7 Å². The summed E-state index contributed by atoms with van der Waals surface area (Å²) in [4.78, 5) is 26.4. The highest BCUT2D eigenvalue weighted by Gasteiger charge is 2.10. The smallest absolute Gasteiger partial charge is 0.256 e. The Morgan fingerprint density at radius 1 is 1.16 bits per heavy atom. The zero-order valence-corrected chi connectivity index (χ0v) is 13.4. The first-order valence-corrected chi connectivity index (χ1v) is 7.43. The molecule has 0 radical (unpaired) electrons. The van der Waals surface area contributed by atoms with Gasteiger partial charge in [0, 0.05) is 30.6 Å². The van der Waals surface area contributed by atoms with E-state index in [1.165, 1.54) is 12.4 Å². The van der Waals surface area contributed by atoms with Crippen LogP contribution in [0.4, 0.5) is 17.2 Å². The van der Waals surface area contributed by atoms with Crippen LogP contribution in [0.5, 0.6) is 0 Å². The average molecular weight is 330 g/mol. The summed E-state index contributed by atoms with van der Waals surface area (Å²) in [5.74, 6) is 0.0843. The molecule has 0 bridgehead atoms. The van der Waals surface area contributed by atoms with Gasteiger partial charge in [-0.1, -0.05) is 6.07 Å². The van der Waals surface area contributed by atoms with Crippen LogP contribution in [-0.4, -0.2) is 27.9 Å². The van der Waals surface area contributed by atoms with Crippen molar-refractivity contribution < 1.29 is 4.79 Å². The second-order valence-corrected chi connectivity index (χ2v) is 5.20. The number of nitrogens with zero attached hydrogens (tertiary/aromatic N) is 5. The van der Waals surface area contributed by atoms with Crippen molar-refractivity contribution in [2.45, 2.75) is 0 Å². The molecule has 0 aliphatic carbocycles. The first kappa shape index (κ1) is 16.1. The van der Waals surface area contributed by atoms with Gasteiger partial charge in [0.2, 0.25) is 0 Å². The Morgan fingerprint density at radius 3 is 2.72 bits per heavy atom. The monoisotopic (exact) mass is 330 g/mol. The molecule has 7 nitrogen and oxygen atoms in total. The first-order valence-electron chi connectivity index (χ1n) is 7.43. The van der Waals surface area contributed by atoms with Crippen LogP contribution in [0.2, 0.25) is 0 Å². The Labute approximate surface area is 144 Å². The van der Waals surface area contributed by atoms with Crippen molar-refractivity contribution in [1.82, 2.24) is 15.0 Å². The van der Waals surface area contributed by atoms with Crippen LogP contribution < -0.4 is 10.2 Å². The van der Waals surface area contributed by atoms with Crippen molar-refractivity contribution in [2.75, 3.05) is 17.3 Å². The van der Waals surface area contributed by atoms with Crippen LogP contribution in [0.3, 0.4) is 0 Å². The fourth-order valence-corrected chi connectivity index (χ4v) is 2.23. The lowest BCUT2D eigenvalue weighted by Crippen LogP contribution is -2.15. The van der Waals surface area contributed by atoms with Crippen molar-refractivity contribution >= 4 is 23.1 Å². The lowest BCUT2D eigenvalue weighted by atomic mass is 10.1. The Balaban J connectivity index is 1.80. The van der Waals surface area contributed by atoms with Crippen LogP contribution in [-0.2, 0) is 0 Å². The minimum absolute atomic E-state index is 0.326. The summed E-state index contributed by atoms with van der Waals surface area (Å²) in [7, 11) is 1.87. The lowest BCUT2D eigenvalue weighted by molar-refractivity contribution is 0.102. The standard InChI is InChI=1S/C18H14N6O/c1-24(16-10-20-12-21-11-16)15-5-6-22-17(8-15)23-18(25)14-4-2-3-13(7-14)9-19/h2-8,10-12H,1H3,(H,22,23,25). The number of benzene rings is 1. The summed E-state index contributed by atoms with van der Waals surface area (Å²) in [6.45, 7) is 0. The zero-order chi connectivity index (χ0) is 17.6. The summed E-state index contributed by atoms with van der Waals surface area (Å²) < 4.78 is 0. The number of nitriles is 1. The fourth-order valence-electron chi connectivity index (χ4n) is 2.23. The normalized spacial score (nSPS) is 9.92. The molecule has 25 heavy (non-hydrogen) atoms. The van der Waals surface area contributed by atoms with E-state index in [0.717, 1.165) is 11.4 Å². The molecule has 3 aromatic rings. The molecule has 0 aliphatic heterocycles. The van der Waals surface area contributed by atoms with E-state index in [1.807, 2.05) is 24.1 Å². The molecule has 0 saturated heterocycles. The van der Waals surface area contributed by atoms with Gasteiger partial charge in [-0.3, -0.25) is 4.79 Å². The minimum atomic E-state index is -0.326. The number of anilines is 3. The predicted molar refractivity (Wildman–Crippen MR) is 93.4 cm³/mol. The largest absolute Gasteiger partial charge is 0.342 e. The van der Waals surface area contributed by atoms with Crippen LogP contribution in [0, 0.1) is 11.3 Å². The van der Waals surface area contributed by atoms with Crippen molar-refractivity contribution in [1.29, 1.82) is 5.26 Å². The Hall–Kier alpha value is -3.79. The lowest BCUT2D eigenvalue weighted by Gasteiger charge is -2.19. The van der Waals surface area contributed by atoms with Gasteiger partial charge >= 0.3 is 0 Å². The van der Waals surface area contributed by atoms with Gasteiger partial charge in [0.15, 0.2) is 0 Å². The number of hydrogen-bond acceptors (Lipinski definition) is 6. The Bertz CT molecular complexity index is 936. The number of amides is 1. The maximum atomic E-state index is 12.3. The van der Waals surface area contributed by atoms with E-state index in [9.17, 15) is 4.79 Å². The van der Waals surface area contributed by atoms with E-state index in [4.69, 9.17) is 5.26 Å². The number of pyridine rings is 1. The molecule has 7 heteroatoms. The highest BCUT2D eigenvalue weighted by molar-refractivity contribution is 6.04. The van der Waals surface area contributed by atoms with E-state index >= 15 is 0 Å². The Morgan fingerprint density at radius 2 is 1.96 bits per heavy atom. The molecular formula is C18H14N6O. The molecule has 0 atom stereocenters. The van der Waals surface area contributed by atoms with E-state index < -0.39 is 0 Å². The molecule has 3 rings (SSSR count). The van der Waals surface area contributed by atoms with E-state index in [2.05, 4.69) is 20.3 Å². The van der Waals surface area contributed by atoms with Crippen LogP contribution in [0.25, 0.3) is 0 Å². The number of aromatic nitrogens is 3. The molecule has 0 aliphatic rings. The van der Waals surface area contributed by atoms with Gasteiger partial charge in [0.1, 0.15) is 12.1 Å². The second kappa shape index (κ2) is 7.19. The van der Waals surface area contributed by atoms with Crippen LogP contribution in [0.15, 0.2) is 61.3 Å². The van der Waals surface area contributed by atoms with Crippen molar-refractivity contribution in [3.8, 4) is 6.07 Å². The average Bonchev–Trinajstić information content (AvgIpc) is 2.68. The van der Waals surface area contributed by atoms with Gasteiger partial charge < -0.3 is 10.2 Å². The molecule has 1 aromatic carbocycles. The molecule has 0 unspecified atom stereocenters. The summed E-state index contributed by atoms with van der Waals surface area (Å²) in [6, 6.07) is 12.1. The van der Waals surface area contributed by atoms with E-state index in [0.29, 0.717) is 16.9 Å². The highest BCUT2D eigenvalue weighted by atomic mass is 16.1. The molecule has 0 spiro atoms. The summed E-state index contributed by atoms with van der Waals surface area (Å²) in [5.41, 5.74) is 2.47. The summed E-state index contributed by atoms with van der Waals surface area (Å²) in [6.07, 6.45) is 6.46. The van der Waals surface area contributed by atoms with Crippen LogP contribution >= 0.6 is 0 Å². The molecule has 1 amide bonds.